The molecule has 1 aromatic rings. The molecule has 0 unspecified atom stereocenters. The van der Waals surface area contributed by atoms with Crippen molar-refractivity contribution in [3.05, 3.63) is 14.6 Å². The molecular weight excluding hydrogens is 324 g/mol. The van der Waals surface area contributed by atoms with Crippen LogP contribution in [0.15, 0.2) is 0 Å². The van der Waals surface area contributed by atoms with Crippen LogP contribution in [-0.4, -0.2) is 51.3 Å². The van der Waals surface area contributed by atoms with Crippen molar-refractivity contribution in [2.45, 2.75) is 46.5 Å². The Bertz CT molecular complexity index is 556. The predicted octanol–water partition coefficient (Wildman–Crippen LogP) is 4.50. The molecule has 0 fully saturated rings. The maximum absolute atomic E-state index is 5.80. The topological polar surface area (TPSA) is 15.7 Å². The van der Waals surface area contributed by atoms with Crippen molar-refractivity contribution in [3.8, 4) is 0 Å². The largest absolute Gasteiger partial charge is 0.378 e. The van der Waals surface area contributed by atoms with Crippen LogP contribution < -0.4 is 4.90 Å². The second-order valence-corrected chi connectivity index (χ2v) is 7.92. The van der Waals surface area contributed by atoms with Crippen LogP contribution in [0, 0.1) is 9.02 Å². The summed E-state index contributed by atoms with van der Waals surface area (Å²) in [6, 6.07) is 0. The van der Waals surface area contributed by atoms with Gasteiger partial charge in [-0.25, -0.2) is 0 Å². The van der Waals surface area contributed by atoms with Crippen LogP contribution in [0.4, 0.5) is 5.69 Å². The fourth-order valence-corrected chi connectivity index (χ4v) is 3.65. The molecule has 0 saturated carbocycles. The normalized spacial score (nSPS) is 12.3. The van der Waals surface area contributed by atoms with E-state index in [1.807, 2.05) is 0 Å². The zero-order chi connectivity index (χ0) is 17.6. The van der Waals surface area contributed by atoms with Crippen LogP contribution in [0.3, 0.4) is 0 Å². The van der Waals surface area contributed by atoms with Gasteiger partial charge >= 0.3 is 0 Å². The summed E-state index contributed by atoms with van der Waals surface area (Å²) in [7, 11) is 2.08. The molecule has 0 radical (unpaired) electrons. The van der Waals surface area contributed by atoms with Crippen LogP contribution in [0.1, 0.15) is 46.6 Å². The van der Waals surface area contributed by atoms with E-state index in [1.165, 1.54) is 12.0 Å². The van der Waals surface area contributed by atoms with E-state index in [-0.39, 0.29) is 5.41 Å². The van der Waals surface area contributed by atoms with Gasteiger partial charge in [0.2, 0.25) is 0 Å². The average Bonchev–Trinajstić information content (AvgIpc) is 2.48. The molecule has 1 aromatic carbocycles. The highest BCUT2D eigenvalue weighted by Crippen LogP contribution is 2.38. The zero-order valence-corrected chi connectivity index (χ0v) is 17.2. The van der Waals surface area contributed by atoms with Gasteiger partial charge in [0, 0.05) is 25.7 Å². The number of ether oxygens (including phenoxy) is 1. The highest BCUT2D eigenvalue weighted by atomic mass is 32.1. The van der Waals surface area contributed by atoms with Crippen molar-refractivity contribution in [1.82, 2.24) is 4.90 Å². The van der Waals surface area contributed by atoms with Crippen molar-refractivity contribution < 1.29 is 4.74 Å². The van der Waals surface area contributed by atoms with Crippen molar-refractivity contribution >= 4 is 30.1 Å². The molecule has 0 saturated heterocycles. The molecule has 0 aliphatic carbocycles. The minimum atomic E-state index is 0.0472. The Morgan fingerprint density at radius 1 is 0.957 bits per heavy atom. The fourth-order valence-electron chi connectivity index (χ4n) is 2.79. The third kappa shape index (κ3) is 5.59. The Balaban J connectivity index is 2.44. The van der Waals surface area contributed by atoms with E-state index in [0.29, 0.717) is 0 Å². The predicted molar refractivity (Wildman–Crippen MR) is 106 cm³/mol. The summed E-state index contributed by atoms with van der Waals surface area (Å²) in [5.41, 5.74) is 2.41. The van der Waals surface area contributed by atoms with Gasteiger partial charge in [0.15, 0.2) is 0 Å². The quantitative estimate of drug-likeness (QED) is 0.451. The minimum Gasteiger partial charge on any atom is -0.378 e. The van der Waals surface area contributed by atoms with Crippen molar-refractivity contribution in [1.29, 1.82) is 0 Å². The summed E-state index contributed by atoms with van der Waals surface area (Å²) in [5.74, 6) is 0. The summed E-state index contributed by atoms with van der Waals surface area (Å²) in [4.78, 5) is 4.62. The van der Waals surface area contributed by atoms with Crippen LogP contribution >= 0.6 is 24.4 Å². The van der Waals surface area contributed by atoms with Gasteiger partial charge in [-0.3, -0.25) is 0 Å². The molecule has 0 atom stereocenters. The minimum absolute atomic E-state index is 0.0472. The van der Waals surface area contributed by atoms with Crippen molar-refractivity contribution in [2.75, 3.05) is 51.3 Å². The molecule has 0 aromatic heterocycles. The number of hydrogen-bond donors (Lipinski definition) is 0. The van der Waals surface area contributed by atoms with Gasteiger partial charge in [-0.15, -0.1) is 0 Å². The van der Waals surface area contributed by atoms with Gasteiger partial charge in [-0.05, 0) is 24.9 Å². The van der Waals surface area contributed by atoms with Crippen molar-refractivity contribution in [2.24, 2.45) is 0 Å². The van der Waals surface area contributed by atoms with E-state index in [1.54, 1.807) is 0 Å². The van der Waals surface area contributed by atoms with E-state index in [4.69, 9.17) is 29.2 Å². The first-order valence-electron chi connectivity index (χ1n) is 8.59. The monoisotopic (exact) mass is 356 g/mol. The highest BCUT2D eigenvalue weighted by molar-refractivity contribution is 7.74. The van der Waals surface area contributed by atoms with Gasteiger partial charge in [0.05, 0.1) is 27.9 Å². The van der Waals surface area contributed by atoms with Gasteiger partial charge in [0.1, 0.15) is 0 Å². The van der Waals surface area contributed by atoms with Crippen LogP contribution in [0.5, 0.6) is 0 Å². The molecule has 0 aliphatic rings. The highest BCUT2D eigenvalue weighted by Gasteiger charge is 2.27. The second kappa shape index (κ2) is 9.21. The summed E-state index contributed by atoms with van der Waals surface area (Å²) < 4.78 is 7.51. The van der Waals surface area contributed by atoms with E-state index in [0.717, 1.165) is 54.1 Å². The standard InChI is InChI=1S/C18H32N2OS2/c1-7-9-20(8-2)11-13-21-12-10-19(6)15-14(18(3,4)5)16(22)17(15)23/h7-13H2,1-6H3. The molecule has 5 heteroatoms. The van der Waals surface area contributed by atoms with Gasteiger partial charge in [-0.2, -0.15) is 0 Å². The Morgan fingerprint density at radius 3 is 2.09 bits per heavy atom. The lowest BCUT2D eigenvalue weighted by atomic mass is 9.83. The third-order valence-corrected chi connectivity index (χ3v) is 5.06. The second-order valence-electron chi connectivity index (χ2n) is 7.10. The number of nitrogens with zero attached hydrogens (tertiary/aromatic N) is 2. The van der Waals surface area contributed by atoms with Crippen LogP contribution in [-0.2, 0) is 10.2 Å². The summed E-state index contributed by atoms with van der Waals surface area (Å²) >= 11 is 10.9. The Hall–Kier alpha value is -0.360. The molecule has 0 spiro atoms. The van der Waals surface area contributed by atoms with E-state index >= 15 is 0 Å². The van der Waals surface area contributed by atoms with Gasteiger partial charge in [-0.1, -0.05) is 59.1 Å². The molecular formula is C18H32N2OS2. The molecule has 3 nitrogen and oxygen atoms in total. The number of anilines is 1. The lowest BCUT2D eigenvalue weighted by molar-refractivity contribution is 0.110. The van der Waals surface area contributed by atoms with E-state index in [9.17, 15) is 0 Å². The van der Waals surface area contributed by atoms with Gasteiger partial charge < -0.3 is 14.5 Å². The summed E-state index contributed by atoms with van der Waals surface area (Å²) in [5, 5.41) is 0. The first kappa shape index (κ1) is 20.7. The third-order valence-electron chi connectivity index (χ3n) is 4.13. The summed E-state index contributed by atoms with van der Waals surface area (Å²) in [6.45, 7) is 16.6. The maximum atomic E-state index is 5.80. The smallest absolute Gasteiger partial charge is 0.0798 e. The average molecular weight is 357 g/mol. The van der Waals surface area contributed by atoms with E-state index in [2.05, 4.69) is 51.5 Å². The first-order chi connectivity index (χ1) is 10.7. The fraction of sp³-hybridized carbons (Fsp3) is 0.778. The molecule has 23 heavy (non-hydrogen) atoms. The van der Waals surface area contributed by atoms with Crippen LogP contribution in [0.25, 0.3) is 0 Å². The Kier molecular flexibility index (Phi) is 8.28. The first-order valence-corrected chi connectivity index (χ1v) is 9.40. The molecule has 132 valence electrons. The lowest BCUT2D eigenvalue weighted by Gasteiger charge is -2.32. The SMILES string of the molecule is CCCN(CC)CCOCCN(C)c1c(C(C)(C)C)c(=S)c1=S. The van der Waals surface area contributed by atoms with Gasteiger partial charge in [0.25, 0.3) is 0 Å². The van der Waals surface area contributed by atoms with Crippen LogP contribution in [0.2, 0.25) is 0 Å². The number of likely N-dealkylation sites (N-methyl/N-ethyl adjacent to an activating group) is 2. The van der Waals surface area contributed by atoms with Crippen molar-refractivity contribution in [3.63, 3.8) is 0 Å². The Morgan fingerprint density at radius 2 is 1.57 bits per heavy atom. The molecule has 0 amide bonds. The maximum Gasteiger partial charge on any atom is 0.0798 e. The molecule has 1 rings (SSSR count). The Labute approximate surface area is 152 Å². The molecule has 0 aliphatic heterocycles. The summed E-state index contributed by atoms with van der Waals surface area (Å²) in [6.07, 6.45) is 1.19. The van der Waals surface area contributed by atoms with E-state index < -0.39 is 0 Å². The molecule has 0 N–H and O–H groups in total. The number of hydrogen-bond acceptors (Lipinski definition) is 5. The lowest BCUT2D eigenvalue weighted by Crippen LogP contribution is -2.31. The molecule has 0 bridgehead atoms. The zero-order valence-electron chi connectivity index (χ0n) is 15.6. The molecule has 0 heterocycles. The number of rotatable bonds is 10.